The molecule has 0 saturated heterocycles. The van der Waals surface area contributed by atoms with Gasteiger partial charge in [0.1, 0.15) is 0 Å². The van der Waals surface area contributed by atoms with Crippen molar-refractivity contribution in [3.63, 3.8) is 0 Å². The number of hydrogen-bond donors (Lipinski definition) is 1. The van der Waals surface area contributed by atoms with Gasteiger partial charge in [0, 0.05) is 16.8 Å². The molecule has 0 saturated carbocycles. The highest BCUT2D eigenvalue weighted by Crippen LogP contribution is 2.28. The van der Waals surface area contributed by atoms with Crippen LogP contribution < -0.4 is 0 Å². The van der Waals surface area contributed by atoms with Crippen molar-refractivity contribution in [3.8, 4) is 0 Å². The molecule has 0 aliphatic rings. The number of carboxylic acids is 1. The van der Waals surface area contributed by atoms with Gasteiger partial charge in [-0.05, 0) is 55.4 Å². The van der Waals surface area contributed by atoms with E-state index in [-0.39, 0.29) is 0 Å². The monoisotopic (exact) mass is 260 g/mol. The fraction of sp³-hybridized carbons (Fsp3) is 0.154. The molecule has 1 aromatic carbocycles. The lowest BCUT2D eigenvalue weighted by Gasteiger charge is -2.05. The molecule has 18 heavy (non-hydrogen) atoms. The Morgan fingerprint density at radius 1 is 1.28 bits per heavy atom. The molecule has 0 unspecified atom stereocenters. The standard InChI is InChI=1S/C13H12N2O2S/c1-8-7-10(12(16)17)3-4-11(8)18-13-14-6-5-9(2)15-13/h3-7H,1-2H3,(H,16,17). The van der Waals surface area contributed by atoms with Gasteiger partial charge in [-0.1, -0.05) is 0 Å². The quantitative estimate of drug-likeness (QED) is 0.860. The zero-order valence-electron chi connectivity index (χ0n) is 10.0. The van der Waals surface area contributed by atoms with Gasteiger partial charge < -0.3 is 5.11 Å². The second-order valence-corrected chi connectivity index (χ2v) is 4.88. The van der Waals surface area contributed by atoms with Crippen LogP contribution in [0.5, 0.6) is 0 Å². The molecule has 0 aliphatic carbocycles. The van der Waals surface area contributed by atoms with Crippen molar-refractivity contribution in [1.82, 2.24) is 9.97 Å². The average Bonchev–Trinajstić information content (AvgIpc) is 2.31. The van der Waals surface area contributed by atoms with E-state index in [4.69, 9.17) is 5.11 Å². The molecule has 0 fully saturated rings. The molecule has 5 heteroatoms. The van der Waals surface area contributed by atoms with Gasteiger partial charge in [0.25, 0.3) is 0 Å². The van der Waals surface area contributed by atoms with Crippen LogP contribution in [0.2, 0.25) is 0 Å². The Morgan fingerprint density at radius 2 is 2.06 bits per heavy atom. The molecule has 0 spiro atoms. The van der Waals surface area contributed by atoms with Gasteiger partial charge in [0.05, 0.1) is 5.56 Å². The number of aromatic carboxylic acids is 1. The highest BCUT2D eigenvalue weighted by atomic mass is 32.2. The maximum absolute atomic E-state index is 10.8. The summed E-state index contributed by atoms with van der Waals surface area (Å²) in [5.41, 5.74) is 2.11. The van der Waals surface area contributed by atoms with Crippen LogP contribution in [0.15, 0.2) is 40.5 Å². The van der Waals surface area contributed by atoms with Gasteiger partial charge in [-0.15, -0.1) is 0 Å². The molecular weight excluding hydrogens is 248 g/mol. The number of aryl methyl sites for hydroxylation is 2. The van der Waals surface area contributed by atoms with Crippen LogP contribution >= 0.6 is 11.8 Å². The molecule has 4 nitrogen and oxygen atoms in total. The average molecular weight is 260 g/mol. The summed E-state index contributed by atoms with van der Waals surface area (Å²) < 4.78 is 0. The summed E-state index contributed by atoms with van der Waals surface area (Å²) in [7, 11) is 0. The summed E-state index contributed by atoms with van der Waals surface area (Å²) in [6.45, 7) is 3.79. The Hall–Kier alpha value is -1.88. The molecule has 0 radical (unpaired) electrons. The first-order valence-corrected chi connectivity index (χ1v) is 6.19. The van der Waals surface area contributed by atoms with Crippen LogP contribution in [0.3, 0.4) is 0 Å². The lowest BCUT2D eigenvalue weighted by atomic mass is 10.1. The zero-order valence-corrected chi connectivity index (χ0v) is 10.9. The van der Waals surface area contributed by atoms with Crippen molar-refractivity contribution in [2.45, 2.75) is 23.9 Å². The Labute approximate surface area is 109 Å². The first-order chi connectivity index (χ1) is 8.56. The third-order valence-corrected chi connectivity index (χ3v) is 3.45. The highest BCUT2D eigenvalue weighted by Gasteiger charge is 2.08. The van der Waals surface area contributed by atoms with Crippen molar-refractivity contribution in [2.24, 2.45) is 0 Å². The zero-order chi connectivity index (χ0) is 13.1. The van der Waals surface area contributed by atoms with Crippen LogP contribution in [-0.2, 0) is 0 Å². The van der Waals surface area contributed by atoms with Crippen LogP contribution in [-0.4, -0.2) is 21.0 Å². The SMILES string of the molecule is Cc1ccnc(Sc2ccc(C(=O)O)cc2C)n1. The summed E-state index contributed by atoms with van der Waals surface area (Å²) in [5.74, 6) is -0.915. The van der Waals surface area contributed by atoms with Crippen molar-refractivity contribution in [2.75, 3.05) is 0 Å². The summed E-state index contributed by atoms with van der Waals surface area (Å²) in [5, 5.41) is 9.56. The van der Waals surface area contributed by atoms with Gasteiger partial charge in [-0.3, -0.25) is 0 Å². The summed E-state index contributed by atoms with van der Waals surface area (Å²) in [6.07, 6.45) is 1.71. The summed E-state index contributed by atoms with van der Waals surface area (Å²) in [4.78, 5) is 20.3. The first kappa shape index (κ1) is 12.6. The maximum atomic E-state index is 10.8. The Kier molecular flexibility index (Phi) is 3.62. The third-order valence-electron chi connectivity index (χ3n) is 2.40. The van der Waals surface area contributed by atoms with Gasteiger partial charge in [0.15, 0.2) is 5.16 Å². The van der Waals surface area contributed by atoms with E-state index in [0.717, 1.165) is 16.2 Å². The van der Waals surface area contributed by atoms with Gasteiger partial charge >= 0.3 is 5.97 Å². The Morgan fingerprint density at radius 3 is 2.67 bits per heavy atom. The number of carbonyl (C=O) groups is 1. The summed E-state index contributed by atoms with van der Waals surface area (Å²) >= 11 is 1.43. The molecule has 92 valence electrons. The number of aromatic nitrogens is 2. The Bertz CT molecular complexity index is 599. The van der Waals surface area contributed by atoms with Gasteiger partial charge in [-0.25, -0.2) is 14.8 Å². The smallest absolute Gasteiger partial charge is 0.335 e. The third kappa shape index (κ3) is 2.87. The number of hydrogen-bond acceptors (Lipinski definition) is 4. The second-order valence-electron chi connectivity index (χ2n) is 3.87. The fourth-order valence-electron chi connectivity index (χ4n) is 1.47. The van der Waals surface area contributed by atoms with Crippen molar-refractivity contribution >= 4 is 17.7 Å². The number of nitrogens with zero attached hydrogens (tertiary/aromatic N) is 2. The van der Waals surface area contributed by atoms with E-state index in [2.05, 4.69) is 9.97 Å². The van der Waals surface area contributed by atoms with E-state index in [1.807, 2.05) is 19.9 Å². The Balaban J connectivity index is 2.27. The van der Waals surface area contributed by atoms with Gasteiger partial charge in [-0.2, -0.15) is 0 Å². The topological polar surface area (TPSA) is 63.1 Å². The van der Waals surface area contributed by atoms with E-state index in [0.29, 0.717) is 10.7 Å². The summed E-state index contributed by atoms with van der Waals surface area (Å²) in [6, 6.07) is 6.87. The molecule has 1 heterocycles. The lowest BCUT2D eigenvalue weighted by molar-refractivity contribution is 0.0696. The van der Waals surface area contributed by atoms with Crippen LogP contribution in [0.1, 0.15) is 21.6 Å². The normalized spacial score (nSPS) is 10.3. The number of benzene rings is 1. The van der Waals surface area contributed by atoms with E-state index >= 15 is 0 Å². The molecule has 2 rings (SSSR count). The molecule has 0 bridgehead atoms. The predicted octanol–water partition coefficient (Wildman–Crippen LogP) is 2.94. The van der Waals surface area contributed by atoms with E-state index in [1.54, 1.807) is 24.4 Å². The minimum absolute atomic E-state index is 0.294. The predicted molar refractivity (Wildman–Crippen MR) is 69.0 cm³/mol. The lowest BCUT2D eigenvalue weighted by Crippen LogP contribution is -1.97. The largest absolute Gasteiger partial charge is 0.478 e. The molecule has 0 amide bonds. The number of rotatable bonds is 3. The van der Waals surface area contributed by atoms with Gasteiger partial charge in [0.2, 0.25) is 0 Å². The van der Waals surface area contributed by atoms with Crippen molar-refractivity contribution in [1.29, 1.82) is 0 Å². The molecule has 0 aliphatic heterocycles. The van der Waals surface area contributed by atoms with Crippen LogP contribution in [0.25, 0.3) is 0 Å². The maximum Gasteiger partial charge on any atom is 0.335 e. The van der Waals surface area contributed by atoms with E-state index < -0.39 is 5.97 Å². The van der Waals surface area contributed by atoms with Crippen molar-refractivity contribution in [3.05, 3.63) is 47.3 Å². The van der Waals surface area contributed by atoms with Crippen LogP contribution in [0.4, 0.5) is 0 Å². The number of carboxylic acid groups (broad SMARTS) is 1. The molecule has 0 atom stereocenters. The van der Waals surface area contributed by atoms with Crippen molar-refractivity contribution < 1.29 is 9.90 Å². The minimum Gasteiger partial charge on any atom is -0.478 e. The highest BCUT2D eigenvalue weighted by molar-refractivity contribution is 7.99. The second kappa shape index (κ2) is 5.18. The van der Waals surface area contributed by atoms with E-state index in [1.165, 1.54) is 11.8 Å². The molecular formula is C13H12N2O2S. The molecule has 2 aromatic rings. The van der Waals surface area contributed by atoms with Crippen LogP contribution in [0, 0.1) is 13.8 Å². The minimum atomic E-state index is -0.915. The molecule has 1 aromatic heterocycles. The fourth-order valence-corrected chi connectivity index (χ4v) is 2.33. The molecule has 1 N–H and O–H groups in total. The van der Waals surface area contributed by atoms with E-state index in [9.17, 15) is 4.79 Å². The first-order valence-electron chi connectivity index (χ1n) is 5.38.